The van der Waals surface area contributed by atoms with Gasteiger partial charge in [-0.05, 0) is 26.0 Å². The molecule has 0 atom stereocenters. The van der Waals surface area contributed by atoms with E-state index in [-0.39, 0.29) is 0 Å². The molecule has 0 aromatic carbocycles. The van der Waals surface area contributed by atoms with Crippen LogP contribution in [0.3, 0.4) is 0 Å². The van der Waals surface area contributed by atoms with Crippen LogP contribution < -0.4 is 5.32 Å². The molecule has 11 heavy (non-hydrogen) atoms. The zero-order valence-corrected chi connectivity index (χ0v) is 7.53. The first kappa shape index (κ1) is 8.27. The predicted octanol–water partition coefficient (Wildman–Crippen LogP) is 1.69. The van der Waals surface area contributed by atoms with Gasteiger partial charge in [0.25, 0.3) is 0 Å². The third-order valence-corrected chi connectivity index (χ3v) is 1.60. The van der Waals surface area contributed by atoms with Gasteiger partial charge in [0.2, 0.25) is 0 Å². The summed E-state index contributed by atoms with van der Waals surface area (Å²) in [5, 5.41) is 3.15. The molecule has 1 aromatic rings. The van der Waals surface area contributed by atoms with Crippen LogP contribution in [0.2, 0.25) is 0 Å². The van der Waals surface area contributed by atoms with Crippen LogP contribution in [-0.4, -0.2) is 16.0 Å². The Morgan fingerprint density at radius 3 is 2.82 bits per heavy atom. The van der Waals surface area contributed by atoms with E-state index in [4.69, 9.17) is 12.2 Å². The monoisotopic (exact) mass is 168 g/mol. The Bertz CT molecular complexity index is 226. The number of hydrogen-bond acceptors (Lipinski definition) is 1. The summed E-state index contributed by atoms with van der Waals surface area (Å²) in [6, 6.07) is 4.28. The van der Waals surface area contributed by atoms with Crippen LogP contribution in [0.15, 0.2) is 18.3 Å². The maximum absolute atomic E-state index is 5.11. The van der Waals surface area contributed by atoms with Gasteiger partial charge in [-0.15, -0.1) is 0 Å². The first-order chi connectivity index (χ1) is 5.20. The maximum atomic E-state index is 5.11. The van der Waals surface area contributed by atoms with Crippen LogP contribution in [0.1, 0.15) is 19.5 Å². The second-order valence-electron chi connectivity index (χ2n) is 2.71. The molecule has 0 radical (unpaired) electrons. The highest BCUT2D eigenvalue weighted by atomic mass is 32.1. The van der Waals surface area contributed by atoms with Gasteiger partial charge in [-0.3, -0.25) is 0 Å². The van der Waals surface area contributed by atoms with Gasteiger partial charge in [-0.25, -0.2) is 0 Å². The number of rotatable bonds is 2. The topological polar surface area (TPSA) is 27.8 Å². The summed E-state index contributed by atoms with van der Waals surface area (Å²) in [4.78, 5) is 3.82. The average molecular weight is 168 g/mol. The van der Waals surface area contributed by atoms with Gasteiger partial charge < -0.3 is 10.3 Å². The van der Waals surface area contributed by atoms with Crippen molar-refractivity contribution in [3.63, 3.8) is 0 Å². The quantitative estimate of drug-likeness (QED) is 0.658. The van der Waals surface area contributed by atoms with Crippen molar-refractivity contribution in [1.82, 2.24) is 10.3 Å². The second kappa shape index (κ2) is 3.53. The van der Waals surface area contributed by atoms with E-state index in [1.807, 2.05) is 18.3 Å². The molecule has 2 N–H and O–H groups in total. The van der Waals surface area contributed by atoms with E-state index in [2.05, 4.69) is 24.1 Å². The Labute approximate surface area is 72.0 Å². The molecular formula is C8H12N2S. The number of aromatic amines is 1. The zero-order chi connectivity index (χ0) is 8.27. The molecule has 0 saturated carbocycles. The highest BCUT2D eigenvalue weighted by Crippen LogP contribution is 1.95. The third kappa shape index (κ3) is 2.35. The Morgan fingerprint density at radius 2 is 2.36 bits per heavy atom. The number of thiocarbonyl (C=S) groups is 1. The fourth-order valence-corrected chi connectivity index (χ4v) is 1.17. The van der Waals surface area contributed by atoms with Crippen molar-refractivity contribution in [3.05, 3.63) is 24.0 Å². The minimum atomic E-state index is 0.394. The van der Waals surface area contributed by atoms with E-state index in [1.165, 1.54) is 0 Å². The van der Waals surface area contributed by atoms with E-state index >= 15 is 0 Å². The van der Waals surface area contributed by atoms with Gasteiger partial charge in [0.15, 0.2) is 0 Å². The molecule has 0 aliphatic carbocycles. The van der Waals surface area contributed by atoms with Crippen molar-refractivity contribution in [1.29, 1.82) is 0 Å². The lowest BCUT2D eigenvalue weighted by Gasteiger charge is -2.08. The van der Waals surface area contributed by atoms with E-state index < -0.39 is 0 Å². The van der Waals surface area contributed by atoms with Crippen LogP contribution in [0.25, 0.3) is 0 Å². The third-order valence-electron chi connectivity index (χ3n) is 1.26. The first-order valence-corrected chi connectivity index (χ1v) is 4.05. The van der Waals surface area contributed by atoms with Crippen molar-refractivity contribution in [2.45, 2.75) is 19.9 Å². The van der Waals surface area contributed by atoms with Crippen molar-refractivity contribution in [2.24, 2.45) is 0 Å². The smallest absolute Gasteiger partial charge is 0.123 e. The van der Waals surface area contributed by atoms with Crippen LogP contribution in [0.5, 0.6) is 0 Å². The van der Waals surface area contributed by atoms with Gasteiger partial charge in [-0.1, -0.05) is 12.2 Å². The van der Waals surface area contributed by atoms with Crippen LogP contribution in [0.4, 0.5) is 0 Å². The van der Waals surface area contributed by atoms with Gasteiger partial charge in [0.1, 0.15) is 4.99 Å². The lowest BCUT2D eigenvalue weighted by Crippen LogP contribution is -2.29. The molecule has 1 heterocycles. The molecule has 1 aromatic heterocycles. The molecule has 2 nitrogen and oxygen atoms in total. The minimum absolute atomic E-state index is 0.394. The van der Waals surface area contributed by atoms with Crippen LogP contribution >= 0.6 is 12.2 Å². The molecule has 0 saturated heterocycles. The summed E-state index contributed by atoms with van der Waals surface area (Å²) in [6.07, 6.45) is 1.86. The molecule has 0 fully saturated rings. The summed E-state index contributed by atoms with van der Waals surface area (Å²) in [5.41, 5.74) is 0.980. The standard InChI is InChI=1S/C8H12N2S/c1-6(2)10-8(11)7-4-3-5-9-7/h3-6,9H,1-2H3,(H,10,11). The molecular weight excluding hydrogens is 156 g/mol. The highest BCUT2D eigenvalue weighted by Gasteiger charge is 2.00. The number of H-pyrrole nitrogens is 1. The van der Waals surface area contributed by atoms with E-state index in [9.17, 15) is 0 Å². The normalized spacial score (nSPS) is 10.1. The van der Waals surface area contributed by atoms with Gasteiger partial charge >= 0.3 is 0 Å². The molecule has 0 spiro atoms. The summed E-state index contributed by atoms with van der Waals surface area (Å²) in [5.74, 6) is 0. The number of hydrogen-bond donors (Lipinski definition) is 2. The number of aromatic nitrogens is 1. The lowest BCUT2D eigenvalue weighted by molar-refractivity contribution is 0.739. The van der Waals surface area contributed by atoms with Gasteiger partial charge in [0, 0.05) is 12.2 Å². The minimum Gasteiger partial charge on any atom is -0.372 e. The second-order valence-corrected chi connectivity index (χ2v) is 3.12. The molecule has 0 unspecified atom stereocenters. The van der Waals surface area contributed by atoms with Gasteiger partial charge in [-0.2, -0.15) is 0 Å². The first-order valence-electron chi connectivity index (χ1n) is 3.64. The molecule has 1 rings (SSSR count). The van der Waals surface area contributed by atoms with Gasteiger partial charge in [0.05, 0.1) is 5.69 Å². The fraction of sp³-hybridized carbons (Fsp3) is 0.375. The summed E-state index contributed by atoms with van der Waals surface area (Å²) in [6.45, 7) is 4.13. The average Bonchev–Trinajstić information content (AvgIpc) is 2.35. The molecule has 0 aliphatic rings. The molecule has 3 heteroatoms. The summed E-state index contributed by atoms with van der Waals surface area (Å²) < 4.78 is 0. The zero-order valence-electron chi connectivity index (χ0n) is 6.72. The molecule has 60 valence electrons. The summed E-state index contributed by atoms with van der Waals surface area (Å²) in [7, 11) is 0. The van der Waals surface area contributed by atoms with Crippen molar-refractivity contribution >= 4 is 17.2 Å². The fourth-order valence-electron chi connectivity index (χ4n) is 0.812. The number of nitrogens with one attached hydrogen (secondary N) is 2. The molecule has 0 bridgehead atoms. The van der Waals surface area contributed by atoms with Crippen molar-refractivity contribution < 1.29 is 0 Å². The van der Waals surface area contributed by atoms with E-state index in [0.29, 0.717) is 6.04 Å². The predicted molar refractivity (Wildman–Crippen MR) is 50.8 cm³/mol. The molecule has 0 aliphatic heterocycles. The Balaban J connectivity index is 2.57. The van der Waals surface area contributed by atoms with Crippen molar-refractivity contribution in [2.75, 3.05) is 0 Å². The molecule has 0 amide bonds. The Morgan fingerprint density at radius 1 is 1.64 bits per heavy atom. The van der Waals surface area contributed by atoms with Crippen LogP contribution in [-0.2, 0) is 0 Å². The Kier molecular flexibility index (Phi) is 2.65. The Hall–Kier alpha value is -0.830. The summed E-state index contributed by atoms with van der Waals surface area (Å²) >= 11 is 5.11. The largest absolute Gasteiger partial charge is 0.372 e. The highest BCUT2D eigenvalue weighted by molar-refractivity contribution is 7.80. The van der Waals surface area contributed by atoms with E-state index in [1.54, 1.807) is 0 Å². The SMILES string of the molecule is CC(C)NC(=S)c1ccc[nH]1. The van der Waals surface area contributed by atoms with Crippen LogP contribution in [0, 0.1) is 0 Å². The van der Waals surface area contributed by atoms with E-state index in [0.717, 1.165) is 10.7 Å². The lowest BCUT2D eigenvalue weighted by atomic mass is 10.3. The van der Waals surface area contributed by atoms with Crippen molar-refractivity contribution in [3.8, 4) is 0 Å². The maximum Gasteiger partial charge on any atom is 0.123 e.